The molecule has 3 heterocycles. The van der Waals surface area contributed by atoms with Gasteiger partial charge in [0.2, 0.25) is 0 Å². The fourth-order valence-corrected chi connectivity index (χ4v) is 3.39. The SMILES string of the molecule is Cn1c(=O)n(CC(C)(C)C)c2ccc(-c3cccc(-c4ccn[nH]4)c3F)nc21. The predicted octanol–water partition coefficient (Wildman–Crippen LogP) is 3.98. The normalized spacial score (nSPS) is 12.0. The maximum Gasteiger partial charge on any atom is 0.330 e. The van der Waals surface area contributed by atoms with Crippen LogP contribution in [0.25, 0.3) is 33.7 Å². The molecule has 0 fully saturated rings. The van der Waals surface area contributed by atoms with E-state index in [4.69, 9.17) is 0 Å². The number of aryl methyl sites for hydroxylation is 1. The summed E-state index contributed by atoms with van der Waals surface area (Å²) in [6, 6.07) is 10.5. The maximum atomic E-state index is 15.2. The number of H-pyrrole nitrogens is 1. The minimum Gasteiger partial charge on any atom is -0.290 e. The summed E-state index contributed by atoms with van der Waals surface area (Å²) in [6.07, 6.45) is 1.58. The van der Waals surface area contributed by atoms with Gasteiger partial charge in [-0.05, 0) is 35.7 Å². The Balaban J connectivity index is 1.87. The highest BCUT2D eigenvalue weighted by Crippen LogP contribution is 2.30. The molecule has 0 radical (unpaired) electrons. The molecule has 0 spiro atoms. The van der Waals surface area contributed by atoms with Crippen molar-refractivity contribution < 1.29 is 4.39 Å². The van der Waals surface area contributed by atoms with Gasteiger partial charge < -0.3 is 0 Å². The molecule has 0 amide bonds. The summed E-state index contributed by atoms with van der Waals surface area (Å²) in [4.78, 5) is 17.3. The fraction of sp³-hybridized carbons (Fsp3) is 0.286. The summed E-state index contributed by atoms with van der Waals surface area (Å²) < 4.78 is 18.4. The lowest BCUT2D eigenvalue weighted by Crippen LogP contribution is -2.27. The number of nitrogens with zero attached hydrogens (tertiary/aromatic N) is 4. The van der Waals surface area contributed by atoms with Crippen LogP contribution in [0.15, 0.2) is 47.4 Å². The van der Waals surface area contributed by atoms with E-state index in [-0.39, 0.29) is 16.9 Å². The van der Waals surface area contributed by atoms with Gasteiger partial charge >= 0.3 is 5.69 Å². The van der Waals surface area contributed by atoms with Crippen LogP contribution in [0, 0.1) is 11.2 Å². The molecule has 0 bridgehead atoms. The van der Waals surface area contributed by atoms with E-state index in [1.54, 1.807) is 48.1 Å². The summed E-state index contributed by atoms with van der Waals surface area (Å²) >= 11 is 0. The van der Waals surface area contributed by atoms with Crippen molar-refractivity contribution in [3.63, 3.8) is 0 Å². The standard InChI is InChI=1S/C21H22FN5O/c1-21(2,3)12-27-17-9-8-15(24-19(17)26(4)20(27)28)13-6-5-7-14(18(13)22)16-10-11-23-25-16/h5-11H,12H2,1-4H3,(H,23,25). The number of benzene rings is 1. The Bertz CT molecular complexity index is 1210. The molecule has 7 heteroatoms. The zero-order valence-electron chi connectivity index (χ0n) is 16.3. The molecular formula is C21H22FN5O. The molecule has 0 aliphatic carbocycles. The molecule has 4 rings (SSSR count). The monoisotopic (exact) mass is 379 g/mol. The van der Waals surface area contributed by atoms with E-state index in [1.165, 1.54) is 4.57 Å². The number of nitrogens with one attached hydrogen (secondary N) is 1. The van der Waals surface area contributed by atoms with Crippen molar-refractivity contribution in [1.82, 2.24) is 24.3 Å². The minimum atomic E-state index is -0.377. The van der Waals surface area contributed by atoms with Crippen LogP contribution in [-0.4, -0.2) is 24.3 Å². The molecule has 4 aromatic rings. The molecule has 28 heavy (non-hydrogen) atoms. The minimum absolute atomic E-state index is 0.0543. The first-order valence-electron chi connectivity index (χ1n) is 9.11. The second-order valence-corrected chi connectivity index (χ2v) is 8.17. The first kappa shape index (κ1) is 18.2. The molecule has 0 unspecified atom stereocenters. The van der Waals surface area contributed by atoms with Crippen LogP contribution >= 0.6 is 0 Å². The van der Waals surface area contributed by atoms with Crippen molar-refractivity contribution >= 4 is 11.2 Å². The lowest BCUT2D eigenvalue weighted by Gasteiger charge is -2.18. The molecule has 144 valence electrons. The van der Waals surface area contributed by atoms with Crippen LogP contribution < -0.4 is 5.69 Å². The van der Waals surface area contributed by atoms with E-state index in [1.807, 2.05) is 6.07 Å². The number of rotatable bonds is 3. The second-order valence-electron chi connectivity index (χ2n) is 8.17. The van der Waals surface area contributed by atoms with Crippen LogP contribution in [0.5, 0.6) is 0 Å². The number of fused-ring (bicyclic) bond motifs is 1. The van der Waals surface area contributed by atoms with Crippen LogP contribution in [0.2, 0.25) is 0 Å². The van der Waals surface area contributed by atoms with E-state index >= 15 is 4.39 Å². The number of imidazole rings is 1. The Morgan fingerprint density at radius 2 is 1.86 bits per heavy atom. The van der Waals surface area contributed by atoms with E-state index in [0.717, 1.165) is 5.52 Å². The Morgan fingerprint density at radius 3 is 2.54 bits per heavy atom. The van der Waals surface area contributed by atoms with Crippen LogP contribution in [0.4, 0.5) is 4.39 Å². The maximum absolute atomic E-state index is 15.2. The summed E-state index contributed by atoms with van der Waals surface area (Å²) in [7, 11) is 1.69. The number of hydrogen-bond donors (Lipinski definition) is 1. The Kier molecular flexibility index (Phi) is 4.18. The largest absolute Gasteiger partial charge is 0.330 e. The third-order valence-electron chi connectivity index (χ3n) is 4.68. The van der Waals surface area contributed by atoms with Gasteiger partial charge in [0.15, 0.2) is 5.65 Å². The predicted molar refractivity (Wildman–Crippen MR) is 107 cm³/mol. The van der Waals surface area contributed by atoms with Crippen LogP contribution in [0.3, 0.4) is 0 Å². The molecule has 0 aliphatic heterocycles. The molecule has 0 saturated carbocycles. The third-order valence-corrected chi connectivity index (χ3v) is 4.68. The smallest absolute Gasteiger partial charge is 0.290 e. The van der Waals surface area contributed by atoms with Gasteiger partial charge in [-0.3, -0.25) is 14.2 Å². The first-order valence-corrected chi connectivity index (χ1v) is 9.11. The quantitative estimate of drug-likeness (QED) is 0.585. The Morgan fingerprint density at radius 1 is 1.11 bits per heavy atom. The van der Waals surface area contributed by atoms with E-state index in [0.29, 0.717) is 34.7 Å². The van der Waals surface area contributed by atoms with Gasteiger partial charge in [0.1, 0.15) is 5.82 Å². The molecular weight excluding hydrogens is 357 g/mol. The molecule has 1 aromatic carbocycles. The van der Waals surface area contributed by atoms with E-state index < -0.39 is 0 Å². The highest BCUT2D eigenvalue weighted by molar-refractivity contribution is 5.78. The fourth-order valence-electron chi connectivity index (χ4n) is 3.39. The molecule has 6 nitrogen and oxygen atoms in total. The van der Waals surface area contributed by atoms with E-state index in [9.17, 15) is 4.79 Å². The third kappa shape index (κ3) is 3.02. The van der Waals surface area contributed by atoms with Gasteiger partial charge in [0.25, 0.3) is 0 Å². The van der Waals surface area contributed by atoms with Gasteiger partial charge in [-0.15, -0.1) is 0 Å². The van der Waals surface area contributed by atoms with Crippen molar-refractivity contribution in [1.29, 1.82) is 0 Å². The van der Waals surface area contributed by atoms with Gasteiger partial charge in [-0.25, -0.2) is 14.2 Å². The summed E-state index contributed by atoms with van der Waals surface area (Å²) in [6.45, 7) is 6.82. The van der Waals surface area contributed by atoms with Gasteiger partial charge in [0.05, 0.1) is 16.9 Å². The van der Waals surface area contributed by atoms with Gasteiger partial charge in [-0.1, -0.05) is 26.8 Å². The van der Waals surface area contributed by atoms with E-state index in [2.05, 4.69) is 36.0 Å². The number of hydrogen-bond acceptors (Lipinski definition) is 3. The second kappa shape index (κ2) is 6.44. The van der Waals surface area contributed by atoms with Crippen LogP contribution in [-0.2, 0) is 13.6 Å². The van der Waals surface area contributed by atoms with Gasteiger partial charge in [-0.2, -0.15) is 5.10 Å². The average molecular weight is 379 g/mol. The van der Waals surface area contributed by atoms with Crippen molar-refractivity contribution in [3.8, 4) is 22.5 Å². The lowest BCUT2D eigenvalue weighted by atomic mass is 9.97. The molecule has 0 saturated heterocycles. The molecule has 0 atom stereocenters. The highest BCUT2D eigenvalue weighted by atomic mass is 19.1. The summed E-state index contributed by atoms with van der Waals surface area (Å²) in [5, 5.41) is 6.67. The molecule has 0 aliphatic rings. The average Bonchev–Trinajstić information content (AvgIpc) is 3.25. The van der Waals surface area contributed by atoms with Crippen molar-refractivity contribution in [2.75, 3.05) is 0 Å². The zero-order valence-corrected chi connectivity index (χ0v) is 16.3. The molecule has 1 N–H and O–H groups in total. The first-order chi connectivity index (χ1) is 13.3. The Hall–Kier alpha value is -3.22. The Labute approximate surface area is 161 Å². The number of aromatic amines is 1. The van der Waals surface area contributed by atoms with Crippen molar-refractivity contribution in [2.24, 2.45) is 12.5 Å². The zero-order chi connectivity index (χ0) is 20.1. The van der Waals surface area contributed by atoms with Gasteiger partial charge in [0, 0.05) is 30.9 Å². The van der Waals surface area contributed by atoms with Crippen molar-refractivity contribution in [2.45, 2.75) is 27.3 Å². The lowest BCUT2D eigenvalue weighted by molar-refractivity contribution is 0.342. The van der Waals surface area contributed by atoms with Crippen molar-refractivity contribution in [3.05, 3.63) is 58.9 Å². The number of aromatic nitrogens is 5. The number of halogens is 1. The van der Waals surface area contributed by atoms with Crippen LogP contribution in [0.1, 0.15) is 20.8 Å². The highest BCUT2D eigenvalue weighted by Gasteiger charge is 2.20. The summed E-state index contributed by atoms with van der Waals surface area (Å²) in [5.41, 5.74) is 3.00. The summed E-state index contributed by atoms with van der Waals surface area (Å²) in [5.74, 6) is -0.377. The topological polar surface area (TPSA) is 68.5 Å². The molecule has 3 aromatic heterocycles. The number of pyridine rings is 1.